The van der Waals surface area contributed by atoms with Crippen molar-refractivity contribution in [1.82, 2.24) is 15.2 Å². The fraction of sp³-hybridized carbons (Fsp3) is 0.158. The zero-order valence-corrected chi connectivity index (χ0v) is 16.8. The number of hydrogen-bond donors (Lipinski definition) is 2. The van der Waals surface area contributed by atoms with Crippen LogP contribution in [0.15, 0.2) is 46.3 Å². The molecule has 31 heavy (non-hydrogen) atoms. The van der Waals surface area contributed by atoms with Crippen LogP contribution in [0.5, 0.6) is 17.2 Å². The molecule has 1 aromatic heterocycles. The van der Waals surface area contributed by atoms with Crippen LogP contribution in [0.1, 0.15) is 5.56 Å². The first-order valence-electron chi connectivity index (χ1n) is 8.77. The van der Waals surface area contributed by atoms with E-state index < -0.39 is 10.5 Å². The van der Waals surface area contributed by atoms with E-state index >= 15 is 0 Å². The van der Waals surface area contributed by atoms with Gasteiger partial charge in [-0.3, -0.25) is 19.9 Å². The normalized spacial score (nSPS) is 10.7. The average molecular weight is 426 g/mol. The minimum absolute atomic E-state index is 0.0134. The highest BCUT2D eigenvalue weighted by molar-refractivity contribution is 5.86. The Morgan fingerprint density at radius 3 is 2.35 bits per heavy atom. The number of H-pyrrole nitrogens is 1. The molecule has 0 amide bonds. The molecule has 0 saturated heterocycles. The van der Waals surface area contributed by atoms with Gasteiger partial charge in [-0.15, -0.1) is 10.2 Å². The number of anilines is 1. The number of methoxy groups -OCH3 is 3. The van der Waals surface area contributed by atoms with Crippen molar-refractivity contribution in [2.75, 3.05) is 26.8 Å². The van der Waals surface area contributed by atoms with Crippen LogP contribution in [0, 0.1) is 10.1 Å². The van der Waals surface area contributed by atoms with Gasteiger partial charge >= 0.3 is 5.69 Å². The first-order chi connectivity index (χ1) is 15.0. The number of ether oxygens (including phenoxy) is 3. The van der Waals surface area contributed by atoms with Crippen LogP contribution < -0.4 is 25.2 Å². The average Bonchev–Trinajstić information content (AvgIpc) is 2.78. The molecule has 2 aromatic carbocycles. The fourth-order valence-corrected chi connectivity index (χ4v) is 2.64. The van der Waals surface area contributed by atoms with E-state index in [9.17, 15) is 14.9 Å². The Balaban J connectivity index is 1.81. The summed E-state index contributed by atoms with van der Waals surface area (Å²) in [4.78, 5) is 25.5. The smallest absolute Gasteiger partial charge is 0.311 e. The Morgan fingerprint density at radius 2 is 1.77 bits per heavy atom. The minimum atomic E-state index is -0.579. The van der Waals surface area contributed by atoms with E-state index in [2.05, 4.69) is 25.7 Å². The summed E-state index contributed by atoms with van der Waals surface area (Å²) in [6, 6.07) is 9.41. The molecule has 0 unspecified atom stereocenters. The highest BCUT2D eigenvalue weighted by Gasteiger charge is 2.19. The second-order valence-electron chi connectivity index (χ2n) is 5.97. The van der Waals surface area contributed by atoms with Crippen LogP contribution in [-0.4, -0.2) is 47.6 Å². The Hall–Kier alpha value is -4.48. The van der Waals surface area contributed by atoms with E-state index in [1.165, 1.54) is 32.6 Å². The fourth-order valence-electron chi connectivity index (χ4n) is 2.64. The van der Waals surface area contributed by atoms with Gasteiger partial charge in [0, 0.05) is 23.3 Å². The molecule has 0 spiro atoms. The van der Waals surface area contributed by atoms with Gasteiger partial charge < -0.3 is 14.2 Å². The highest BCUT2D eigenvalue weighted by atomic mass is 16.6. The zero-order valence-electron chi connectivity index (χ0n) is 16.8. The zero-order chi connectivity index (χ0) is 22.4. The van der Waals surface area contributed by atoms with Crippen molar-refractivity contribution >= 4 is 17.9 Å². The van der Waals surface area contributed by atoms with Crippen LogP contribution in [0.25, 0.3) is 11.3 Å². The number of hydrazone groups is 1. The van der Waals surface area contributed by atoms with Crippen molar-refractivity contribution < 1.29 is 19.1 Å². The number of hydrogen-bond acceptors (Lipinski definition) is 10. The molecule has 0 atom stereocenters. The summed E-state index contributed by atoms with van der Waals surface area (Å²) in [5, 5.41) is 23.0. The van der Waals surface area contributed by atoms with Crippen LogP contribution in [-0.2, 0) is 0 Å². The van der Waals surface area contributed by atoms with Crippen LogP contribution in [0.3, 0.4) is 0 Å². The molecule has 0 radical (unpaired) electrons. The van der Waals surface area contributed by atoms with Gasteiger partial charge in [0.1, 0.15) is 11.5 Å². The Labute approximate surface area is 175 Å². The van der Waals surface area contributed by atoms with Gasteiger partial charge in [-0.25, -0.2) is 5.43 Å². The Kier molecular flexibility index (Phi) is 6.40. The third-order valence-corrected chi connectivity index (χ3v) is 4.16. The third-order valence-electron chi connectivity index (χ3n) is 4.16. The van der Waals surface area contributed by atoms with Gasteiger partial charge in [0.05, 0.1) is 32.5 Å². The maximum Gasteiger partial charge on any atom is 0.311 e. The van der Waals surface area contributed by atoms with Gasteiger partial charge in [-0.05, 0) is 24.3 Å². The quantitative estimate of drug-likeness (QED) is 0.313. The number of benzene rings is 2. The summed E-state index contributed by atoms with van der Waals surface area (Å²) in [6.07, 6.45) is 1.28. The van der Waals surface area contributed by atoms with Crippen molar-refractivity contribution in [3.8, 4) is 28.5 Å². The lowest BCUT2D eigenvalue weighted by Crippen LogP contribution is -2.15. The molecule has 0 aliphatic carbocycles. The van der Waals surface area contributed by atoms with Crippen molar-refractivity contribution in [2.24, 2.45) is 5.10 Å². The molecule has 12 heteroatoms. The van der Waals surface area contributed by atoms with Gasteiger partial charge in [-0.1, -0.05) is 0 Å². The predicted octanol–water partition coefficient (Wildman–Crippen LogP) is 2.21. The highest BCUT2D eigenvalue weighted by Crippen LogP contribution is 2.33. The summed E-state index contributed by atoms with van der Waals surface area (Å²) < 4.78 is 15.3. The molecule has 1 heterocycles. The van der Waals surface area contributed by atoms with E-state index in [1.807, 2.05) is 0 Å². The Bertz CT molecular complexity index is 1180. The summed E-state index contributed by atoms with van der Waals surface area (Å²) in [6.45, 7) is 0. The Morgan fingerprint density at radius 1 is 1.06 bits per heavy atom. The molecular weight excluding hydrogens is 408 g/mol. The number of nitrogens with one attached hydrogen (secondary N) is 2. The first-order valence-corrected chi connectivity index (χ1v) is 8.77. The summed E-state index contributed by atoms with van der Waals surface area (Å²) >= 11 is 0. The molecule has 0 saturated carbocycles. The lowest BCUT2D eigenvalue weighted by Gasteiger charge is -2.08. The van der Waals surface area contributed by atoms with E-state index in [0.717, 1.165) is 0 Å². The first kappa shape index (κ1) is 21.2. The van der Waals surface area contributed by atoms with Crippen molar-refractivity contribution in [2.45, 2.75) is 0 Å². The molecule has 2 N–H and O–H groups in total. The third kappa shape index (κ3) is 4.75. The summed E-state index contributed by atoms with van der Waals surface area (Å²) in [7, 11) is 4.27. The van der Waals surface area contributed by atoms with Gasteiger partial charge in [0.2, 0.25) is 11.7 Å². The molecule has 3 rings (SSSR count). The molecule has 12 nitrogen and oxygen atoms in total. The number of aromatic nitrogens is 3. The van der Waals surface area contributed by atoms with Crippen molar-refractivity contribution in [1.29, 1.82) is 0 Å². The number of nitro benzene ring substituents is 1. The standard InChI is InChI=1S/C19H18N6O6/c1-29-13-6-4-11(5-7-13)17-18(26)21-19(24-22-17)23-20-10-12-8-14(25(27)28)16(31-3)9-15(12)30-2/h4-10H,1-3H3,(H2,21,23,24,26)/b20-10+. The molecule has 3 aromatic rings. The van der Waals surface area contributed by atoms with E-state index in [4.69, 9.17) is 14.2 Å². The monoisotopic (exact) mass is 426 g/mol. The van der Waals surface area contributed by atoms with Crippen molar-refractivity contribution in [3.05, 3.63) is 62.4 Å². The van der Waals surface area contributed by atoms with Crippen LogP contribution in [0.4, 0.5) is 11.6 Å². The molecule has 0 aliphatic rings. The second-order valence-corrected chi connectivity index (χ2v) is 5.97. The lowest BCUT2D eigenvalue weighted by atomic mass is 10.1. The van der Waals surface area contributed by atoms with Gasteiger partial charge in [-0.2, -0.15) is 5.10 Å². The number of nitrogens with zero attached hydrogens (tertiary/aromatic N) is 4. The maximum atomic E-state index is 12.3. The van der Waals surface area contributed by atoms with Crippen LogP contribution >= 0.6 is 0 Å². The topological polar surface area (TPSA) is 154 Å². The van der Waals surface area contributed by atoms with Gasteiger partial charge in [0.15, 0.2) is 5.69 Å². The summed E-state index contributed by atoms with van der Waals surface area (Å²) in [5.74, 6) is 0.995. The molecule has 0 bridgehead atoms. The number of aromatic amines is 1. The number of rotatable bonds is 8. The van der Waals surface area contributed by atoms with E-state index in [-0.39, 0.29) is 23.1 Å². The minimum Gasteiger partial charge on any atom is -0.497 e. The largest absolute Gasteiger partial charge is 0.497 e. The number of nitro groups is 1. The van der Waals surface area contributed by atoms with Crippen LogP contribution in [0.2, 0.25) is 0 Å². The van der Waals surface area contributed by atoms with Gasteiger partial charge in [0.25, 0.3) is 5.56 Å². The lowest BCUT2D eigenvalue weighted by molar-refractivity contribution is -0.385. The molecule has 160 valence electrons. The molecular formula is C19H18N6O6. The van der Waals surface area contributed by atoms with Crippen molar-refractivity contribution in [3.63, 3.8) is 0 Å². The SMILES string of the molecule is COc1ccc(-c2nnc(N/N=C/c3cc([N+](=O)[O-])c(OC)cc3OC)[nH]c2=O)cc1. The predicted molar refractivity (Wildman–Crippen MR) is 112 cm³/mol. The second kappa shape index (κ2) is 9.35. The summed E-state index contributed by atoms with van der Waals surface area (Å²) in [5.41, 5.74) is 2.81. The van der Waals surface area contributed by atoms with E-state index in [1.54, 1.807) is 31.4 Å². The van der Waals surface area contributed by atoms with E-state index in [0.29, 0.717) is 22.6 Å². The maximum absolute atomic E-state index is 12.3. The molecule has 0 aliphatic heterocycles. The molecule has 0 fully saturated rings.